The summed E-state index contributed by atoms with van der Waals surface area (Å²) in [6.07, 6.45) is 2.18. The van der Waals surface area contributed by atoms with Crippen molar-refractivity contribution in [1.29, 1.82) is 0 Å². The second kappa shape index (κ2) is 5.29. The molecule has 1 fully saturated rings. The van der Waals surface area contributed by atoms with Crippen molar-refractivity contribution in [1.82, 2.24) is 10.1 Å². The van der Waals surface area contributed by atoms with Crippen molar-refractivity contribution < 1.29 is 9.32 Å². The molecule has 1 aromatic rings. The zero-order valence-corrected chi connectivity index (χ0v) is 9.98. The number of carbonyl (C=O) groups is 1. The van der Waals surface area contributed by atoms with Gasteiger partial charge in [0.15, 0.2) is 0 Å². The fourth-order valence-electron chi connectivity index (χ4n) is 2.15. The van der Waals surface area contributed by atoms with E-state index in [0.29, 0.717) is 25.0 Å². The Labute approximate surface area is 100 Å². The van der Waals surface area contributed by atoms with Crippen LogP contribution in [-0.2, 0) is 4.79 Å². The summed E-state index contributed by atoms with van der Waals surface area (Å²) in [6.45, 7) is 3.71. The van der Waals surface area contributed by atoms with Gasteiger partial charge in [-0.3, -0.25) is 15.0 Å². The fraction of sp³-hybridized carbons (Fsp3) is 0.636. The monoisotopic (exact) mass is 238 g/mol. The molecule has 6 heteroatoms. The van der Waals surface area contributed by atoms with Gasteiger partial charge in [-0.1, -0.05) is 5.16 Å². The van der Waals surface area contributed by atoms with Crippen molar-refractivity contribution in [3.8, 4) is 0 Å². The molecule has 1 aromatic heterocycles. The predicted molar refractivity (Wildman–Crippen MR) is 63.5 cm³/mol. The van der Waals surface area contributed by atoms with Gasteiger partial charge in [0.05, 0.1) is 12.2 Å². The maximum atomic E-state index is 11.8. The third kappa shape index (κ3) is 3.04. The Bertz CT molecular complexity index is 391. The highest BCUT2D eigenvalue weighted by molar-refractivity contribution is 5.91. The summed E-state index contributed by atoms with van der Waals surface area (Å²) in [5.74, 6) is 0.317. The van der Waals surface area contributed by atoms with Crippen LogP contribution in [0, 0.1) is 6.92 Å². The number of hydrogen-bond acceptors (Lipinski definition) is 5. The molecule has 0 aliphatic carbocycles. The molecule has 1 aliphatic heterocycles. The van der Waals surface area contributed by atoms with Gasteiger partial charge < -0.3 is 10.3 Å². The SMILES string of the molecule is Cc1cc(NC(=O)CN2CCCC2CN)on1. The van der Waals surface area contributed by atoms with Gasteiger partial charge in [-0.15, -0.1) is 0 Å². The molecule has 17 heavy (non-hydrogen) atoms. The number of aryl methyl sites for hydroxylation is 1. The zero-order chi connectivity index (χ0) is 12.3. The predicted octanol–water partition coefficient (Wildman–Crippen LogP) is 0.345. The number of hydrogen-bond donors (Lipinski definition) is 2. The second-order valence-electron chi connectivity index (χ2n) is 4.38. The molecular formula is C11H18N4O2. The lowest BCUT2D eigenvalue weighted by Crippen LogP contribution is -2.40. The molecule has 6 nitrogen and oxygen atoms in total. The molecule has 1 unspecified atom stereocenters. The Kier molecular flexibility index (Phi) is 3.75. The Balaban J connectivity index is 1.85. The molecule has 0 saturated carbocycles. The smallest absolute Gasteiger partial charge is 0.240 e. The summed E-state index contributed by atoms with van der Waals surface area (Å²) >= 11 is 0. The molecule has 1 saturated heterocycles. The maximum Gasteiger partial charge on any atom is 0.240 e. The summed E-state index contributed by atoms with van der Waals surface area (Å²) < 4.78 is 4.93. The maximum absolute atomic E-state index is 11.8. The van der Waals surface area contributed by atoms with Gasteiger partial charge in [-0.05, 0) is 26.3 Å². The molecule has 1 atom stereocenters. The number of rotatable bonds is 4. The van der Waals surface area contributed by atoms with Crippen molar-refractivity contribution in [3.63, 3.8) is 0 Å². The number of likely N-dealkylation sites (tertiary alicyclic amines) is 1. The average Bonchev–Trinajstić information content (AvgIpc) is 2.87. The normalized spacial score (nSPS) is 20.7. The minimum atomic E-state index is -0.0819. The molecule has 1 aliphatic rings. The topological polar surface area (TPSA) is 84.4 Å². The molecule has 0 spiro atoms. The minimum Gasteiger partial charge on any atom is -0.338 e. The highest BCUT2D eigenvalue weighted by Gasteiger charge is 2.25. The number of nitrogens with one attached hydrogen (secondary N) is 1. The number of anilines is 1. The largest absolute Gasteiger partial charge is 0.338 e. The molecule has 2 heterocycles. The summed E-state index contributed by atoms with van der Waals surface area (Å²) in [5.41, 5.74) is 6.41. The Hall–Kier alpha value is -1.40. The summed E-state index contributed by atoms with van der Waals surface area (Å²) in [7, 11) is 0. The zero-order valence-electron chi connectivity index (χ0n) is 9.98. The summed E-state index contributed by atoms with van der Waals surface area (Å²) in [5, 5.41) is 6.39. The van der Waals surface area contributed by atoms with Gasteiger partial charge in [-0.2, -0.15) is 0 Å². The van der Waals surface area contributed by atoms with E-state index in [-0.39, 0.29) is 5.91 Å². The number of nitrogens with zero attached hydrogens (tertiary/aromatic N) is 2. The van der Waals surface area contributed by atoms with Crippen LogP contribution >= 0.6 is 0 Å². The first kappa shape index (κ1) is 12.1. The molecule has 3 N–H and O–H groups in total. The van der Waals surface area contributed by atoms with Crippen molar-refractivity contribution in [2.24, 2.45) is 5.73 Å². The van der Waals surface area contributed by atoms with Gasteiger partial charge >= 0.3 is 0 Å². The van der Waals surface area contributed by atoms with Crippen LogP contribution in [0.2, 0.25) is 0 Å². The Morgan fingerprint density at radius 2 is 2.59 bits per heavy atom. The molecule has 0 bridgehead atoms. The lowest BCUT2D eigenvalue weighted by molar-refractivity contribution is -0.117. The van der Waals surface area contributed by atoms with Gasteiger partial charge in [0, 0.05) is 18.7 Å². The number of aromatic nitrogens is 1. The third-order valence-corrected chi connectivity index (χ3v) is 3.01. The van der Waals surface area contributed by atoms with E-state index in [2.05, 4.69) is 15.4 Å². The summed E-state index contributed by atoms with van der Waals surface area (Å²) in [6, 6.07) is 2.03. The first-order valence-electron chi connectivity index (χ1n) is 5.86. The van der Waals surface area contributed by atoms with Crippen molar-refractivity contribution >= 4 is 11.8 Å². The quantitative estimate of drug-likeness (QED) is 0.790. The van der Waals surface area contributed by atoms with Gasteiger partial charge in [0.2, 0.25) is 11.8 Å². The van der Waals surface area contributed by atoms with Gasteiger partial charge in [0.25, 0.3) is 0 Å². The van der Waals surface area contributed by atoms with Crippen LogP contribution in [0.25, 0.3) is 0 Å². The van der Waals surface area contributed by atoms with Crippen molar-refractivity contribution in [2.75, 3.05) is 25.0 Å². The number of nitrogens with two attached hydrogens (primary N) is 1. The Morgan fingerprint density at radius 3 is 3.24 bits per heavy atom. The van der Waals surface area contributed by atoms with E-state index in [1.54, 1.807) is 6.07 Å². The van der Waals surface area contributed by atoms with Crippen LogP contribution in [0.1, 0.15) is 18.5 Å². The van der Waals surface area contributed by atoms with Gasteiger partial charge in [-0.25, -0.2) is 0 Å². The summed E-state index contributed by atoms with van der Waals surface area (Å²) in [4.78, 5) is 13.9. The molecule has 2 rings (SSSR count). The van der Waals surface area contributed by atoms with Crippen molar-refractivity contribution in [2.45, 2.75) is 25.8 Å². The number of carbonyl (C=O) groups excluding carboxylic acids is 1. The highest BCUT2D eigenvalue weighted by Crippen LogP contribution is 2.16. The minimum absolute atomic E-state index is 0.0819. The third-order valence-electron chi connectivity index (χ3n) is 3.01. The van der Waals surface area contributed by atoms with E-state index in [1.165, 1.54) is 0 Å². The highest BCUT2D eigenvalue weighted by atomic mass is 16.5. The van der Waals surface area contributed by atoms with Crippen LogP contribution in [0.15, 0.2) is 10.6 Å². The molecule has 0 radical (unpaired) electrons. The van der Waals surface area contributed by atoms with E-state index in [0.717, 1.165) is 25.1 Å². The van der Waals surface area contributed by atoms with Crippen LogP contribution in [0.3, 0.4) is 0 Å². The van der Waals surface area contributed by atoms with Crippen LogP contribution < -0.4 is 11.1 Å². The molecular weight excluding hydrogens is 220 g/mol. The molecule has 94 valence electrons. The standard InChI is InChI=1S/C11H18N4O2/c1-8-5-11(17-14-8)13-10(16)7-15-4-2-3-9(15)6-12/h5,9H,2-4,6-7,12H2,1H3,(H,13,16). The van der Waals surface area contributed by atoms with E-state index < -0.39 is 0 Å². The van der Waals surface area contributed by atoms with E-state index in [1.807, 2.05) is 6.92 Å². The molecule has 1 amide bonds. The second-order valence-corrected chi connectivity index (χ2v) is 4.38. The van der Waals surface area contributed by atoms with Crippen LogP contribution in [0.4, 0.5) is 5.88 Å². The molecule has 0 aromatic carbocycles. The van der Waals surface area contributed by atoms with Gasteiger partial charge in [0.1, 0.15) is 0 Å². The van der Waals surface area contributed by atoms with Crippen LogP contribution in [0.5, 0.6) is 0 Å². The van der Waals surface area contributed by atoms with E-state index in [9.17, 15) is 4.79 Å². The fourth-order valence-corrected chi connectivity index (χ4v) is 2.15. The lowest BCUT2D eigenvalue weighted by Gasteiger charge is -2.21. The average molecular weight is 238 g/mol. The first-order chi connectivity index (χ1) is 8.19. The van der Waals surface area contributed by atoms with E-state index >= 15 is 0 Å². The van der Waals surface area contributed by atoms with E-state index in [4.69, 9.17) is 10.3 Å². The van der Waals surface area contributed by atoms with Crippen molar-refractivity contribution in [3.05, 3.63) is 11.8 Å². The lowest BCUT2D eigenvalue weighted by atomic mass is 10.2. The number of amides is 1. The first-order valence-corrected chi connectivity index (χ1v) is 5.86. The van der Waals surface area contributed by atoms with Crippen LogP contribution in [-0.4, -0.2) is 41.6 Å². The Morgan fingerprint density at radius 1 is 1.76 bits per heavy atom.